The highest BCUT2D eigenvalue weighted by atomic mass is 79.9. The first-order chi connectivity index (χ1) is 10.9. The Kier molecular flexibility index (Phi) is 6.19. The lowest BCUT2D eigenvalue weighted by atomic mass is 9.99. The zero-order valence-corrected chi connectivity index (χ0v) is 16.4. The summed E-state index contributed by atoms with van der Waals surface area (Å²) in [6, 6.07) is 12.9. The number of rotatable bonds is 4. The quantitative estimate of drug-likeness (QED) is 0.643. The molecule has 1 atom stereocenters. The van der Waals surface area contributed by atoms with Gasteiger partial charge in [-0.15, -0.1) is 0 Å². The Morgan fingerprint density at radius 1 is 1.04 bits per heavy atom. The zero-order chi connectivity index (χ0) is 17.0. The van der Waals surface area contributed by atoms with E-state index in [0.717, 1.165) is 16.6 Å². The smallest absolute Gasteiger partial charge is 0.171 e. The molecule has 0 unspecified atom stereocenters. The number of halogens is 1. The first-order valence-electron chi connectivity index (χ1n) is 7.81. The maximum absolute atomic E-state index is 5.48. The van der Waals surface area contributed by atoms with Crippen molar-refractivity contribution in [1.29, 1.82) is 0 Å². The number of benzene rings is 2. The van der Waals surface area contributed by atoms with E-state index in [-0.39, 0.29) is 6.04 Å². The summed E-state index contributed by atoms with van der Waals surface area (Å²) < 4.78 is 1.10. The second kappa shape index (κ2) is 7.93. The van der Waals surface area contributed by atoms with E-state index in [0.29, 0.717) is 5.11 Å². The molecule has 0 heterocycles. The molecular weight excluding hydrogens is 368 g/mol. The minimum atomic E-state index is 0.214. The number of nitrogens with one attached hydrogen (secondary N) is 2. The van der Waals surface area contributed by atoms with Gasteiger partial charge in [0.1, 0.15) is 0 Å². The molecule has 0 aliphatic rings. The molecule has 2 aromatic carbocycles. The molecule has 23 heavy (non-hydrogen) atoms. The zero-order valence-electron chi connectivity index (χ0n) is 14.0. The van der Waals surface area contributed by atoms with Crippen LogP contribution in [0, 0.1) is 20.8 Å². The van der Waals surface area contributed by atoms with Crippen molar-refractivity contribution in [2.75, 3.05) is 5.32 Å². The summed E-state index contributed by atoms with van der Waals surface area (Å²) in [5.41, 5.74) is 6.07. The van der Waals surface area contributed by atoms with Gasteiger partial charge in [0, 0.05) is 10.2 Å². The minimum absolute atomic E-state index is 0.214. The molecule has 2 N–H and O–H groups in total. The van der Waals surface area contributed by atoms with Crippen LogP contribution in [0.5, 0.6) is 0 Å². The molecule has 0 radical (unpaired) electrons. The first-order valence-corrected chi connectivity index (χ1v) is 9.01. The summed E-state index contributed by atoms with van der Waals surface area (Å²) in [6.45, 7) is 8.51. The number of hydrogen-bond donors (Lipinski definition) is 2. The monoisotopic (exact) mass is 390 g/mol. The molecular formula is C19H23BrN2S. The second-order valence-electron chi connectivity index (χ2n) is 5.87. The van der Waals surface area contributed by atoms with Crippen LogP contribution in [0.3, 0.4) is 0 Å². The molecule has 0 fully saturated rings. The van der Waals surface area contributed by atoms with Gasteiger partial charge in [-0.3, -0.25) is 0 Å². The topological polar surface area (TPSA) is 24.1 Å². The van der Waals surface area contributed by atoms with Gasteiger partial charge in [-0.2, -0.15) is 0 Å². The van der Waals surface area contributed by atoms with Gasteiger partial charge >= 0.3 is 0 Å². The predicted molar refractivity (Wildman–Crippen MR) is 107 cm³/mol. The molecule has 0 saturated carbocycles. The van der Waals surface area contributed by atoms with Crippen molar-refractivity contribution in [3.05, 3.63) is 63.1 Å². The van der Waals surface area contributed by atoms with Crippen molar-refractivity contribution < 1.29 is 0 Å². The molecule has 0 aliphatic carbocycles. The van der Waals surface area contributed by atoms with Gasteiger partial charge < -0.3 is 10.6 Å². The molecule has 0 amide bonds. The van der Waals surface area contributed by atoms with E-state index < -0.39 is 0 Å². The first kappa shape index (κ1) is 18.0. The van der Waals surface area contributed by atoms with Crippen LogP contribution >= 0.6 is 28.1 Å². The van der Waals surface area contributed by atoms with Crippen molar-refractivity contribution in [2.24, 2.45) is 0 Å². The van der Waals surface area contributed by atoms with Crippen LogP contribution in [0.2, 0.25) is 0 Å². The summed E-state index contributed by atoms with van der Waals surface area (Å²) in [7, 11) is 0. The number of anilines is 1. The van der Waals surface area contributed by atoms with Gasteiger partial charge in [0.05, 0.1) is 6.04 Å². The fraction of sp³-hybridized carbons (Fsp3) is 0.316. The highest BCUT2D eigenvalue weighted by Gasteiger charge is 2.11. The summed E-state index contributed by atoms with van der Waals surface area (Å²) in [5, 5.41) is 7.34. The van der Waals surface area contributed by atoms with Gasteiger partial charge in [-0.1, -0.05) is 41.1 Å². The molecule has 0 aromatic heterocycles. The van der Waals surface area contributed by atoms with Crippen molar-refractivity contribution in [2.45, 2.75) is 40.2 Å². The fourth-order valence-corrected chi connectivity index (χ4v) is 2.96. The van der Waals surface area contributed by atoms with Crippen LogP contribution in [0.4, 0.5) is 5.69 Å². The van der Waals surface area contributed by atoms with Crippen LogP contribution in [0.1, 0.15) is 41.6 Å². The third-order valence-electron chi connectivity index (χ3n) is 4.06. The van der Waals surface area contributed by atoms with E-state index in [9.17, 15) is 0 Å². The lowest BCUT2D eigenvalue weighted by molar-refractivity contribution is 0.628. The van der Waals surface area contributed by atoms with Gasteiger partial charge in [0.25, 0.3) is 0 Å². The lowest BCUT2D eigenvalue weighted by Crippen LogP contribution is -2.32. The van der Waals surface area contributed by atoms with Crippen LogP contribution in [-0.4, -0.2) is 5.11 Å². The van der Waals surface area contributed by atoms with Crippen LogP contribution in [0.15, 0.2) is 40.9 Å². The van der Waals surface area contributed by atoms with E-state index in [2.05, 4.69) is 78.5 Å². The Balaban J connectivity index is 2.07. The molecule has 0 saturated heterocycles. The van der Waals surface area contributed by atoms with Crippen molar-refractivity contribution in [3.63, 3.8) is 0 Å². The van der Waals surface area contributed by atoms with Crippen LogP contribution in [-0.2, 0) is 0 Å². The Hall–Kier alpha value is -1.39. The fourth-order valence-electron chi connectivity index (χ4n) is 2.45. The second-order valence-corrected chi connectivity index (χ2v) is 7.13. The normalized spacial score (nSPS) is 11.9. The number of aryl methyl sites for hydroxylation is 3. The average molecular weight is 391 g/mol. The van der Waals surface area contributed by atoms with E-state index >= 15 is 0 Å². The summed E-state index contributed by atoms with van der Waals surface area (Å²) in [5.74, 6) is 0. The van der Waals surface area contributed by atoms with Gasteiger partial charge in [0.15, 0.2) is 5.11 Å². The Morgan fingerprint density at radius 2 is 1.78 bits per heavy atom. The molecule has 0 bridgehead atoms. The molecule has 0 aliphatic heterocycles. The molecule has 2 rings (SSSR count). The summed E-state index contributed by atoms with van der Waals surface area (Å²) >= 11 is 8.99. The van der Waals surface area contributed by atoms with Gasteiger partial charge in [0.2, 0.25) is 0 Å². The standard InChI is InChI=1S/C19H23BrN2S/c1-5-18(15-7-6-12(2)13(3)10-15)22-19(23)21-16-8-9-17(20)14(4)11-16/h6-11,18H,5H2,1-4H3,(H2,21,22,23)/t18-/m0/s1. The average Bonchev–Trinajstić information content (AvgIpc) is 2.51. The maximum Gasteiger partial charge on any atom is 0.171 e. The summed E-state index contributed by atoms with van der Waals surface area (Å²) in [6.07, 6.45) is 0.976. The van der Waals surface area contributed by atoms with E-state index in [1.807, 2.05) is 12.1 Å². The van der Waals surface area contributed by atoms with Gasteiger partial charge in [-0.05, 0) is 79.9 Å². The van der Waals surface area contributed by atoms with Crippen molar-refractivity contribution >= 4 is 38.9 Å². The van der Waals surface area contributed by atoms with Crippen LogP contribution in [0.25, 0.3) is 0 Å². The highest BCUT2D eigenvalue weighted by molar-refractivity contribution is 9.10. The Bertz CT molecular complexity index is 713. The van der Waals surface area contributed by atoms with E-state index in [1.165, 1.54) is 22.3 Å². The molecule has 2 nitrogen and oxygen atoms in total. The largest absolute Gasteiger partial charge is 0.356 e. The predicted octanol–water partition coefficient (Wildman–Crippen LogP) is 5.81. The third kappa shape index (κ3) is 4.79. The third-order valence-corrected chi connectivity index (χ3v) is 5.17. The van der Waals surface area contributed by atoms with Gasteiger partial charge in [-0.25, -0.2) is 0 Å². The van der Waals surface area contributed by atoms with Crippen LogP contribution < -0.4 is 10.6 Å². The number of hydrogen-bond acceptors (Lipinski definition) is 1. The lowest BCUT2D eigenvalue weighted by Gasteiger charge is -2.21. The Morgan fingerprint density at radius 3 is 2.39 bits per heavy atom. The highest BCUT2D eigenvalue weighted by Crippen LogP contribution is 2.22. The molecule has 122 valence electrons. The number of thiocarbonyl (C=S) groups is 1. The SMILES string of the molecule is CC[C@H](NC(=S)Nc1ccc(Br)c(C)c1)c1ccc(C)c(C)c1. The molecule has 4 heteroatoms. The van der Waals surface area contributed by atoms with E-state index in [1.54, 1.807) is 0 Å². The summed E-state index contributed by atoms with van der Waals surface area (Å²) in [4.78, 5) is 0. The molecule has 0 spiro atoms. The Labute approximate surface area is 152 Å². The van der Waals surface area contributed by atoms with E-state index in [4.69, 9.17) is 12.2 Å². The van der Waals surface area contributed by atoms with Crippen molar-refractivity contribution in [1.82, 2.24) is 5.32 Å². The minimum Gasteiger partial charge on any atom is -0.356 e. The van der Waals surface area contributed by atoms with Crippen molar-refractivity contribution in [3.8, 4) is 0 Å². The molecule has 2 aromatic rings. The maximum atomic E-state index is 5.48.